The predicted molar refractivity (Wildman–Crippen MR) is 121 cm³/mol. The van der Waals surface area contributed by atoms with Crippen molar-refractivity contribution < 1.29 is 24.3 Å². The summed E-state index contributed by atoms with van der Waals surface area (Å²) in [4.78, 5) is 15.6. The molecular weight excluding hydrogens is 430 g/mol. The van der Waals surface area contributed by atoms with Gasteiger partial charge in [0.1, 0.15) is 18.9 Å². The lowest BCUT2D eigenvalue weighted by atomic mass is 9.48. The third-order valence-corrected chi connectivity index (χ3v) is 9.30. The van der Waals surface area contributed by atoms with E-state index in [-0.39, 0.29) is 23.7 Å². The van der Waals surface area contributed by atoms with Crippen LogP contribution in [0, 0.1) is 5.92 Å². The topological polar surface area (TPSA) is 88.7 Å². The number of rotatable bonds is 4. The molecule has 1 aromatic heterocycles. The van der Waals surface area contributed by atoms with E-state index in [1.807, 2.05) is 30.1 Å². The van der Waals surface area contributed by atoms with Crippen molar-refractivity contribution in [2.24, 2.45) is 13.0 Å². The Morgan fingerprint density at radius 1 is 1.24 bits per heavy atom. The molecule has 2 N–H and O–H groups in total. The third kappa shape index (κ3) is 2.65. The normalized spacial score (nSPS) is 35.4. The van der Waals surface area contributed by atoms with Gasteiger partial charge in [-0.05, 0) is 56.6 Å². The van der Waals surface area contributed by atoms with Crippen LogP contribution in [0.3, 0.4) is 0 Å². The summed E-state index contributed by atoms with van der Waals surface area (Å²) < 4.78 is 8.35. The number of amides is 1. The van der Waals surface area contributed by atoms with E-state index in [1.54, 1.807) is 18.2 Å². The van der Waals surface area contributed by atoms with E-state index in [0.717, 1.165) is 43.0 Å². The number of nitrogens with one attached hydrogen (secondary N) is 1. The largest absolute Gasteiger partial charge is 0.870 e. The Morgan fingerprint density at radius 2 is 2.03 bits per heavy atom. The van der Waals surface area contributed by atoms with Gasteiger partial charge in [0.15, 0.2) is 12.4 Å². The maximum atomic E-state index is 13.1. The van der Waals surface area contributed by atoms with Crippen molar-refractivity contribution in [3.63, 3.8) is 0 Å². The monoisotopic (exact) mass is 461 g/mol. The number of likely N-dealkylation sites (tertiary alicyclic amines) is 1. The van der Waals surface area contributed by atoms with E-state index in [2.05, 4.69) is 10.2 Å². The van der Waals surface area contributed by atoms with Gasteiger partial charge in [-0.25, -0.2) is 4.57 Å². The number of aromatic nitrogens is 1. The van der Waals surface area contributed by atoms with Crippen molar-refractivity contribution in [3.8, 4) is 11.5 Å². The van der Waals surface area contributed by atoms with E-state index >= 15 is 0 Å². The van der Waals surface area contributed by atoms with Gasteiger partial charge < -0.3 is 20.3 Å². The van der Waals surface area contributed by atoms with Gasteiger partial charge in [-0.2, -0.15) is 0 Å². The van der Waals surface area contributed by atoms with Crippen LogP contribution in [-0.2, 0) is 18.9 Å². The molecule has 2 aromatic rings. The molecule has 2 bridgehead atoms. The fourth-order valence-corrected chi connectivity index (χ4v) is 7.52. The third-order valence-electron chi connectivity index (χ3n) is 9.30. The van der Waals surface area contributed by atoms with Crippen LogP contribution < -0.4 is 19.7 Å². The van der Waals surface area contributed by atoms with Crippen LogP contribution in [0.5, 0.6) is 11.5 Å². The zero-order chi connectivity index (χ0) is 23.2. The van der Waals surface area contributed by atoms with Gasteiger partial charge in [-0.3, -0.25) is 9.69 Å². The molecule has 2 saturated carbocycles. The first-order valence-electron chi connectivity index (χ1n) is 12.6. The van der Waals surface area contributed by atoms with E-state index in [0.29, 0.717) is 24.2 Å². The Kier molecular flexibility index (Phi) is 4.23. The van der Waals surface area contributed by atoms with Crippen LogP contribution in [-0.4, -0.2) is 52.8 Å². The van der Waals surface area contributed by atoms with Crippen molar-refractivity contribution in [2.75, 3.05) is 13.1 Å². The summed E-state index contributed by atoms with van der Waals surface area (Å²) in [6, 6.07) is 6.93. The molecule has 3 fully saturated rings. The molecule has 0 radical (unpaired) electrons. The summed E-state index contributed by atoms with van der Waals surface area (Å²) in [5, 5.41) is 28.6. The second-order valence-corrected chi connectivity index (χ2v) is 11.1. The molecule has 2 aliphatic heterocycles. The minimum atomic E-state index is -0.960. The number of pyridine rings is 1. The van der Waals surface area contributed by atoms with E-state index in [1.165, 1.54) is 12.8 Å². The van der Waals surface area contributed by atoms with Gasteiger partial charge in [0.2, 0.25) is 0 Å². The summed E-state index contributed by atoms with van der Waals surface area (Å²) in [5.41, 5.74) is 1.05. The standard InChI is InChI=1S/C27H31N3O4/c1-29-11-7-17(8-12-29)25(32)28-19-6-9-27(33)21-14-18-4-5-20(31)23-22(18)26(27,24(19)34-23)10-13-30(21)15-16-2-3-16/h4-5,7-8,11-12,16,19,21,24,33H,2-3,6,9-10,13-15H2,1H3,(H-,28,31,32)/t19-,21-,24+,26+,27-/m1/s1. The first-order valence-corrected chi connectivity index (χ1v) is 12.6. The van der Waals surface area contributed by atoms with Crippen molar-refractivity contribution in [3.05, 3.63) is 53.3 Å². The summed E-state index contributed by atoms with van der Waals surface area (Å²) in [7, 11) is 1.92. The van der Waals surface area contributed by atoms with E-state index in [9.17, 15) is 15.0 Å². The summed E-state index contributed by atoms with van der Waals surface area (Å²) in [6.45, 7) is 1.93. The lowest BCUT2D eigenvalue weighted by molar-refractivity contribution is -0.671. The van der Waals surface area contributed by atoms with Gasteiger partial charge >= 0.3 is 0 Å². The summed E-state index contributed by atoms with van der Waals surface area (Å²) >= 11 is 0. The van der Waals surface area contributed by atoms with Crippen LogP contribution in [0.1, 0.15) is 53.6 Å². The molecule has 1 amide bonds. The van der Waals surface area contributed by atoms with Gasteiger partial charge in [-0.15, -0.1) is 0 Å². The Hall–Kier alpha value is -2.64. The number of ether oxygens (including phenoxy) is 1. The van der Waals surface area contributed by atoms with Crippen LogP contribution in [0.25, 0.3) is 0 Å². The quantitative estimate of drug-likeness (QED) is 0.662. The lowest BCUT2D eigenvalue weighted by Gasteiger charge is -2.64. The zero-order valence-electron chi connectivity index (χ0n) is 19.5. The lowest BCUT2D eigenvalue weighted by Crippen LogP contribution is -2.78. The second-order valence-electron chi connectivity index (χ2n) is 11.1. The molecule has 1 spiro atoms. The molecule has 34 heavy (non-hydrogen) atoms. The Balaban J connectivity index is 1.29. The smallest absolute Gasteiger partial charge is 0.252 e. The molecular formula is C27H31N3O4. The molecule has 3 aliphatic carbocycles. The molecule has 7 rings (SSSR count). The molecule has 5 atom stereocenters. The molecule has 5 aliphatic rings. The predicted octanol–water partition coefficient (Wildman–Crippen LogP) is 0.947. The molecule has 7 nitrogen and oxygen atoms in total. The Bertz CT molecular complexity index is 1180. The number of aryl methyl sites for hydroxylation is 1. The van der Waals surface area contributed by atoms with Gasteiger partial charge in [0.05, 0.1) is 22.6 Å². The van der Waals surface area contributed by atoms with Crippen LogP contribution in [0.2, 0.25) is 0 Å². The minimum Gasteiger partial charge on any atom is -0.870 e. The molecule has 7 heteroatoms. The van der Waals surface area contributed by atoms with E-state index < -0.39 is 17.1 Å². The average Bonchev–Trinajstić information content (AvgIpc) is 3.56. The number of aliphatic hydroxyl groups is 1. The Labute approximate surface area is 199 Å². The average molecular weight is 462 g/mol. The van der Waals surface area contributed by atoms with Crippen molar-refractivity contribution in [1.29, 1.82) is 0 Å². The number of hydrogen-bond acceptors (Lipinski definition) is 5. The Morgan fingerprint density at radius 3 is 2.79 bits per heavy atom. The highest BCUT2D eigenvalue weighted by Crippen LogP contribution is 2.65. The fourth-order valence-electron chi connectivity index (χ4n) is 7.52. The number of benzene rings is 1. The first kappa shape index (κ1) is 20.7. The summed E-state index contributed by atoms with van der Waals surface area (Å²) in [6.07, 6.45) is 8.55. The van der Waals surface area contributed by atoms with Crippen molar-refractivity contribution in [2.45, 2.75) is 67.7 Å². The highest BCUT2D eigenvalue weighted by Gasteiger charge is 2.72. The number of carbonyl (C=O) groups is 1. The van der Waals surface area contributed by atoms with Gasteiger partial charge in [0, 0.05) is 30.3 Å². The highest BCUT2D eigenvalue weighted by molar-refractivity contribution is 5.94. The molecule has 1 aromatic carbocycles. The van der Waals surface area contributed by atoms with Crippen LogP contribution in [0.15, 0.2) is 36.7 Å². The molecule has 3 heterocycles. The first-order chi connectivity index (χ1) is 16.4. The molecule has 0 unspecified atom stereocenters. The van der Waals surface area contributed by atoms with Crippen molar-refractivity contribution in [1.82, 2.24) is 10.2 Å². The van der Waals surface area contributed by atoms with Crippen molar-refractivity contribution >= 4 is 5.91 Å². The summed E-state index contributed by atoms with van der Waals surface area (Å²) in [5.74, 6) is 0.887. The molecule has 1 saturated heterocycles. The number of carbonyl (C=O) groups excluding carboxylic acids is 1. The zero-order valence-corrected chi connectivity index (χ0v) is 19.5. The number of hydrogen-bond donors (Lipinski definition) is 2. The van der Waals surface area contributed by atoms with Crippen LogP contribution in [0.4, 0.5) is 0 Å². The maximum Gasteiger partial charge on any atom is 0.252 e. The molecule has 178 valence electrons. The van der Waals surface area contributed by atoms with E-state index in [4.69, 9.17) is 4.74 Å². The number of piperidine rings is 1. The van der Waals surface area contributed by atoms with Gasteiger partial charge in [0.25, 0.3) is 5.91 Å². The fraction of sp³-hybridized carbons (Fsp3) is 0.556. The maximum absolute atomic E-state index is 13.1. The van der Waals surface area contributed by atoms with Crippen LogP contribution >= 0.6 is 0 Å². The second kappa shape index (κ2) is 6.95. The number of nitrogens with zero attached hydrogens (tertiary/aromatic N) is 2. The SMILES string of the molecule is C[n+]1ccc(C(=O)N[C@@H]2CC[C@@]3(O)[C@H]4Cc5ccc([O-])c6c5[C@@]3(CCN4CC3CC3)[C@H]2O6)cc1. The highest BCUT2D eigenvalue weighted by atomic mass is 16.5. The minimum absolute atomic E-state index is 0.0228. The van der Waals surface area contributed by atoms with Gasteiger partial charge in [-0.1, -0.05) is 17.9 Å².